The molecule has 96 valence electrons. The molecular weight excluding hydrogens is 234 g/mol. The van der Waals surface area contributed by atoms with Crippen LogP contribution in [-0.2, 0) is 19.1 Å². The van der Waals surface area contributed by atoms with E-state index < -0.39 is 17.5 Å². The summed E-state index contributed by atoms with van der Waals surface area (Å²) in [6.45, 7) is 3.55. The van der Waals surface area contributed by atoms with Gasteiger partial charge < -0.3 is 9.47 Å². The molecule has 1 heterocycles. The van der Waals surface area contributed by atoms with E-state index in [9.17, 15) is 14.9 Å². The summed E-state index contributed by atoms with van der Waals surface area (Å²) in [5.74, 6) is -0.885. The van der Waals surface area contributed by atoms with Crippen LogP contribution in [0, 0.1) is 34.5 Å². The Balaban J connectivity index is 1.83. The van der Waals surface area contributed by atoms with Crippen LogP contribution < -0.4 is 0 Å². The van der Waals surface area contributed by atoms with Crippen molar-refractivity contribution in [3.8, 4) is 6.07 Å². The van der Waals surface area contributed by atoms with E-state index in [0.29, 0.717) is 6.42 Å². The fraction of sp³-hybridized carbons (Fsp3) is 0.769. The second kappa shape index (κ2) is 3.47. The molecule has 3 aliphatic rings. The monoisotopic (exact) mass is 249 g/mol. The quantitative estimate of drug-likeness (QED) is 0.683. The molecule has 0 aromatic heterocycles. The van der Waals surface area contributed by atoms with Gasteiger partial charge in [0.1, 0.15) is 12.2 Å². The third kappa shape index (κ3) is 1.21. The number of nitriles is 1. The Morgan fingerprint density at radius 3 is 2.94 bits per heavy atom. The van der Waals surface area contributed by atoms with E-state index in [1.165, 1.54) is 0 Å². The van der Waals surface area contributed by atoms with Crippen LogP contribution in [0.3, 0.4) is 0 Å². The van der Waals surface area contributed by atoms with E-state index in [4.69, 9.17) is 9.47 Å². The smallest absolute Gasteiger partial charge is 0.327 e. The molecule has 0 aromatic rings. The number of hydrogen-bond acceptors (Lipinski definition) is 5. The molecule has 2 bridgehead atoms. The molecule has 0 N–H and O–H groups in total. The van der Waals surface area contributed by atoms with Gasteiger partial charge in [-0.3, -0.25) is 9.59 Å². The minimum absolute atomic E-state index is 0.0915. The van der Waals surface area contributed by atoms with Crippen LogP contribution in [0.5, 0.6) is 0 Å². The number of hydrogen-bond donors (Lipinski definition) is 0. The molecule has 5 nitrogen and oxygen atoms in total. The van der Waals surface area contributed by atoms with Gasteiger partial charge in [-0.15, -0.1) is 0 Å². The van der Waals surface area contributed by atoms with Crippen LogP contribution in [0.4, 0.5) is 0 Å². The van der Waals surface area contributed by atoms with Gasteiger partial charge in [-0.1, -0.05) is 13.8 Å². The summed E-state index contributed by atoms with van der Waals surface area (Å²) in [5, 5.41) is 9.23. The molecule has 5 heteroatoms. The summed E-state index contributed by atoms with van der Waals surface area (Å²) in [7, 11) is 0. The molecular formula is C13H15NO4. The normalized spacial score (nSPS) is 44.0. The fourth-order valence-corrected chi connectivity index (χ4v) is 3.56. The van der Waals surface area contributed by atoms with Gasteiger partial charge in [0, 0.05) is 11.8 Å². The first-order chi connectivity index (χ1) is 8.49. The first kappa shape index (κ1) is 11.5. The predicted octanol–water partition coefficient (Wildman–Crippen LogP) is 1.03. The molecule has 2 aliphatic carbocycles. The lowest BCUT2D eigenvalue weighted by atomic mass is 9.74. The topological polar surface area (TPSA) is 76.4 Å². The van der Waals surface area contributed by atoms with E-state index in [-0.39, 0.29) is 29.8 Å². The van der Waals surface area contributed by atoms with Crippen molar-refractivity contribution in [2.45, 2.75) is 38.9 Å². The van der Waals surface area contributed by atoms with Crippen molar-refractivity contribution in [1.82, 2.24) is 0 Å². The van der Waals surface area contributed by atoms with E-state index in [1.807, 2.05) is 0 Å². The molecule has 0 amide bonds. The fourth-order valence-electron chi connectivity index (χ4n) is 3.56. The van der Waals surface area contributed by atoms with Crippen LogP contribution in [0.2, 0.25) is 0 Å². The Morgan fingerprint density at radius 2 is 2.33 bits per heavy atom. The Labute approximate surface area is 105 Å². The second-order valence-electron chi connectivity index (χ2n) is 5.82. The lowest BCUT2D eigenvalue weighted by Gasteiger charge is -2.28. The predicted molar refractivity (Wildman–Crippen MR) is 58.9 cm³/mol. The highest BCUT2D eigenvalue weighted by atomic mass is 16.6. The van der Waals surface area contributed by atoms with Crippen LogP contribution in [0.1, 0.15) is 26.7 Å². The summed E-state index contributed by atoms with van der Waals surface area (Å²) in [5.41, 5.74) is -0.962. The largest absolute Gasteiger partial charge is 0.458 e. The molecule has 0 radical (unpaired) electrons. The summed E-state index contributed by atoms with van der Waals surface area (Å²) < 4.78 is 10.7. The minimum atomic E-state index is -0.962. The van der Waals surface area contributed by atoms with Gasteiger partial charge in [0.2, 0.25) is 0 Å². The zero-order chi connectivity index (χ0) is 13.1. The van der Waals surface area contributed by atoms with Gasteiger partial charge in [0.15, 0.2) is 5.41 Å². The van der Waals surface area contributed by atoms with Crippen molar-refractivity contribution in [2.75, 3.05) is 0 Å². The maximum absolute atomic E-state index is 11.8. The molecule has 3 fully saturated rings. The number of rotatable bonds is 2. The maximum Gasteiger partial charge on any atom is 0.327 e. The summed E-state index contributed by atoms with van der Waals surface area (Å²) >= 11 is 0. The van der Waals surface area contributed by atoms with Crippen LogP contribution >= 0.6 is 0 Å². The Morgan fingerprint density at radius 1 is 1.61 bits per heavy atom. The van der Waals surface area contributed by atoms with Crippen molar-refractivity contribution in [3.05, 3.63) is 0 Å². The molecule has 5 unspecified atom stereocenters. The van der Waals surface area contributed by atoms with E-state index in [2.05, 4.69) is 6.07 Å². The van der Waals surface area contributed by atoms with E-state index in [1.54, 1.807) is 13.8 Å². The Kier molecular flexibility index (Phi) is 2.22. The average molecular weight is 249 g/mol. The molecule has 3 rings (SSSR count). The van der Waals surface area contributed by atoms with Crippen molar-refractivity contribution in [3.63, 3.8) is 0 Å². The first-order valence-electron chi connectivity index (χ1n) is 6.32. The first-order valence-corrected chi connectivity index (χ1v) is 6.32. The third-order valence-electron chi connectivity index (χ3n) is 4.49. The molecule has 1 aliphatic heterocycles. The highest BCUT2D eigenvalue weighted by Crippen LogP contribution is 2.62. The number of esters is 2. The van der Waals surface area contributed by atoms with Gasteiger partial charge >= 0.3 is 11.9 Å². The van der Waals surface area contributed by atoms with Crippen LogP contribution in [0.25, 0.3) is 0 Å². The van der Waals surface area contributed by atoms with E-state index >= 15 is 0 Å². The summed E-state index contributed by atoms with van der Waals surface area (Å²) in [4.78, 5) is 23.5. The number of nitrogens with zero attached hydrogens (tertiary/aromatic N) is 1. The maximum atomic E-state index is 11.8. The SMILES string of the molecule is CC(C)C(=O)OC1C2CC3C1OC(=O)C3(C#N)C2. The molecule has 0 aromatic carbocycles. The van der Waals surface area contributed by atoms with Gasteiger partial charge in [-0.05, 0) is 12.8 Å². The van der Waals surface area contributed by atoms with Gasteiger partial charge in [-0.2, -0.15) is 5.26 Å². The van der Waals surface area contributed by atoms with Crippen molar-refractivity contribution in [2.24, 2.45) is 23.2 Å². The average Bonchev–Trinajstić information content (AvgIpc) is 2.90. The van der Waals surface area contributed by atoms with Crippen molar-refractivity contribution in [1.29, 1.82) is 5.26 Å². The number of fused-ring (bicyclic) bond motifs is 1. The second-order valence-corrected chi connectivity index (χ2v) is 5.82. The van der Waals surface area contributed by atoms with Crippen LogP contribution in [-0.4, -0.2) is 24.1 Å². The lowest BCUT2D eigenvalue weighted by Crippen LogP contribution is -2.40. The lowest BCUT2D eigenvalue weighted by molar-refractivity contribution is -0.164. The zero-order valence-corrected chi connectivity index (χ0v) is 10.4. The van der Waals surface area contributed by atoms with Gasteiger partial charge in [-0.25, -0.2) is 0 Å². The number of carbonyl (C=O) groups is 2. The Hall–Kier alpha value is -1.57. The molecule has 2 saturated carbocycles. The highest BCUT2D eigenvalue weighted by molar-refractivity contribution is 5.84. The van der Waals surface area contributed by atoms with E-state index in [0.717, 1.165) is 6.42 Å². The molecule has 5 atom stereocenters. The van der Waals surface area contributed by atoms with Crippen molar-refractivity contribution >= 4 is 11.9 Å². The van der Waals surface area contributed by atoms with Gasteiger partial charge in [0.25, 0.3) is 0 Å². The standard InChI is InChI=1S/C13H15NO4/c1-6(2)11(15)17-9-7-3-8-10(9)18-12(16)13(8,4-7)5-14/h6-10H,3-4H2,1-2H3. The van der Waals surface area contributed by atoms with Crippen LogP contribution in [0.15, 0.2) is 0 Å². The molecule has 1 saturated heterocycles. The number of carbonyl (C=O) groups excluding carboxylic acids is 2. The van der Waals surface area contributed by atoms with Gasteiger partial charge in [0.05, 0.1) is 12.0 Å². The zero-order valence-electron chi connectivity index (χ0n) is 10.4. The Bertz CT molecular complexity index is 466. The minimum Gasteiger partial charge on any atom is -0.458 e. The highest BCUT2D eigenvalue weighted by Gasteiger charge is 2.72. The van der Waals surface area contributed by atoms with Crippen molar-refractivity contribution < 1.29 is 19.1 Å². The molecule has 0 spiro atoms. The molecule has 18 heavy (non-hydrogen) atoms. The summed E-state index contributed by atoms with van der Waals surface area (Å²) in [6.07, 6.45) is 0.468. The summed E-state index contributed by atoms with van der Waals surface area (Å²) in [6, 6.07) is 2.13. The third-order valence-corrected chi connectivity index (χ3v) is 4.49. The number of ether oxygens (including phenoxy) is 2.